The van der Waals surface area contributed by atoms with Crippen LogP contribution in [0.25, 0.3) is 0 Å². The first-order valence-corrected chi connectivity index (χ1v) is 8.93. The van der Waals surface area contributed by atoms with Crippen LogP contribution in [0, 0.1) is 5.92 Å². The van der Waals surface area contributed by atoms with Crippen LogP contribution in [-0.2, 0) is 0 Å². The summed E-state index contributed by atoms with van der Waals surface area (Å²) in [6.45, 7) is 10.4. The summed E-state index contributed by atoms with van der Waals surface area (Å²) in [5.41, 5.74) is 1.31. The van der Waals surface area contributed by atoms with Gasteiger partial charge in [-0.3, -0.25) is 4.99 Å². The molecule has 0 aliphatic carbocycles. The van der Waals surface area contributed by atoms with E-state index in [0.29, 0.717) is 12.0 Å². The van der Waals surface area contributed by atoms with Gasteiger partial charge in [-0.25, -0.2) is 0 Å². The molecular formula is C17H28BrIN4. The standard InChI is InChI=1S/C17H27BrN4.HI/c1-4-19-17(21-13(2)3)20-11-14-9-10-22(12-14)16-7-5-15(18)6-8-16;/h5-8,13-14H,4,9-12H2,1-3H3,(H2,19,20,21);1H. The van der Waals surface area contributed by atoms with E-state index in [9.17, 15) is 0 Å². The van der Waals surface area contributed by atoms with E-state index in [1.54, 1.807) is 0 Å². The summed E-state index contributed by atoms with van der Waals surface area (Å²) in [6.07, 6.45) is 1.21. The molecule has 0 bridgehead atoms. The van der Waals surface area contributed by atoms with E-state index >= 15 is 0 Å². The maximum Gasteiger partial charge on any atom is 0.191 e. The third kappa shape index (κ3) is 6.87. The monoisotopic (exact) mass is 494 g/mol. The third-order valence-electron chi connectivity index (χ3n) is 3.75. The van der Waals surface area contributed by atoms with Gasteiger partial charge in [0.15, 0.2) is 5.96 Å². The highest BCUT2D eigenvalue weighted by Gasteiger charge is 2.22. The van der Waals surface area contributed by atoms with Crippen molar-refractivity contribution in [3.8, 4) is 0 Å². The summed E-state index contributed by atoms with van der Waals surface area (Å²) in [5.74, 6) is 1.56. The van der Waals surface area contributed by atoms with Gasteiger partial charge in [-0.05, 0) is 57.4 Å². The Balaban J connectivity index is 0.00000264. The van der Waals surface area contributed by atoms with Gasteiger partial charge in [0, 0.05) is 42.4 Å². The summed E-state index contributed by atoms with van der Waals surface area (Å²) >= 11 is 3.49. The fraction of sp³-hybridized carbons (Fsp3) is 0.588. The molecule has 1 aromatic carbocycles. The first-order chi connectivity index (χ1) is 10.6. The second-order valence-electron chi connectivity index (χ2n) is 6.10. The molecule has 0 radical (unpaired) electrons. The van der Waals surface area contributed by atoms with Gasteiger partial charge in [-0.15, -0.1) is 24.0 Å². The number of benzene rings is 1. The van der Waals surface area contributed by atoms with E-state index in [0.717, 1.165) is 36.6 Å². The molecular weight excluding hydrogens is 467 g/mol. The molecule has 1 atom stereocenters. The molecule has 6 heteroatoms. The van der Waals surface area contributed by atoms with Crippen molar-refractivity contribution >= 4 is 51.6 Å². The van der Waals surface area contributed by atoms with Crippen LogP contribution in [0.1, 0.15) is 27.2 Å². The smallest absolute Gasteiger partial charge is 0.191 e. The van der Waals surface area contributed by atoms with Crippen LogP contribution in [0.15, 0.2) is 33.7 Å². The summed E-state index contributed by atoms with van der Waals surface area (Å²) < 4.78 is 1.13. The lowest BCUT2D eigenvalue weighted by Crippen LogP contribution is -2.41. The Morgan fingerprint density at radius 1 is 1.35 bits per heavy atom. The second-order valence-corrected chi connectivity index (χ2v) is 7.01. The zero-order chi connectivity index (χ0) is 15.9. The number of anilines is 1. The van der Waals surface area contributed by atoms with Gasteiger partial charge in [-0.2, -0.15) is 0 Å². The van der Waals surface area contributed by atoms with Crippen LogP contribution in [0.5, 0.6) is 0 Å². The highest BCUT2D eigenvalue weighted by atomic mass is 127. The van der Waals surface area contributed by atoms with Gasteiger partial charge < -0.3 is 15.5 Å². The highest BCUT2D eigenvalue weighted by Crippen LogP contribution is 2.25. The summed E-state index contributed by atoms with van der Waals surface area (Å²) in [6, 6.07) is 8.98. The molecule has 0 saturated carbocycles. The number of aliphatic imine (C=N–C) groups is 1. The molecule has 0 amide bonds. The molecule has 2 rings (SSSR count). The van der Waals surface area contributed by atoms with Gasteiger partial charge in [0.2, 0.25) is 0 Å². The fourth-order valence-electron chi connectivity index (χ4n) is 2.68. The molecule has 0 spiro atoms. The molecule has 2 N–H and O–H groups in total. The number of nitrogens with one attached hydrogen (secondary N) is 2. The van der Waals surface area contributed by atoms with E-state index in [1.807, 2.05) is 0 Å². The van der Waals surface area contributed by atoms with Crippen LogP contribution in [0.2, 0.25) is 0 Å². The molecule has 4 nitrogen and oxygen atoms in total. The van der Waals surface area contributed by atoms with E-state index in [-0.39, 0.29) is 24.0 Å². The molecule has 1 aliphatic rings. The third-order valence-corrected chi connectivity index (χ3v) is 4.28. The van der Waals surface area contributed by atoms with Crippen LogP contribution in [-0.4, -0.2) is 38.2 Å². The minimum atomic E-state index is 0. The first kappa shape index (κ1) is 20.5. The number of nitrogens with zero attached hydrogens (tertiary/aromatic N) is 2. The number of rotatable bonds is 5. The molecule has 1 heterocycles. The summed E-state index contributed by atoms with van der Waals surface area (Å²) in [4.78, 5) is 7.19. The van der Waals surface area contributed by atoms with Crippen LogP contribution >= 0.6 is 39.9 Å². The average Bonchev–Trinajstić information content (AvgIpc) is 2.94. The Morgan fingerprint density at radius 2 is 2.04 bits per heavy atom. The Labute approximate surface area is 165 Å². The normalized spacial score (nSPS) is 18.0. The fourth-order valence-corrected chi connectivity index (χ4v) is 2.95. The van der Waals surface area contributed by atoms with Gasteiger partial charge >= 0.3 is 0 Å². The van der Waals surface area contributed by atoms with Crippen molar-refractivity contribution in [3.63, 3.8) is 0 Å². The van der Waals surface area contributed by atoms with Crippen LogP contribution in [0.3, 0.4) is 0 Å². The summed E-state index contributed by atoms with van der Waals surface area (Å²) in [5, 5.41) is 6.68. The molecule has 130 valence electrons. The van der Waals surface area contributed by atoms with Crippen molar-refractivity contribution in [1.82, 2.24) is 10.6 Å². The maximum absolute atomic E-state index is 4.74. The van der Waals surface area contributed by atoms with Crippen molar-refractivity contribution < 1.29 is 0 Å². The average molecular weight is 495 g/mol. The predicted octanol–water partition coefficient (Wildman–Crippen LogP) is 3.86. The SMILES string of the molecule is CCNC(=NCC1CCN(c2ccc(Br)cc2)C1)NC(C)C.I. The summed E-state index contributed by atoms with van der Waals surface area (Å²) in [7, 11) is 0. The quantitative estimate of drug-likeness (QED) is 0.371. The van der Waals surface area contributed by atoms with E-state index < -0.39 is 0 Å². The molecule has 0 aromatic heterocycles. The van der Waals surface area contributed by atoms with Gasteiger partial charge in [-0.1, -0.05) is 15.9 Å². The van der Waals surface area contributed by atoms with Crippen molar-refractivity contribution in [1.29, 1.82) is 0 Å². The first-order valence-electron chi connectivity index (χ1n) is 8.14. The Hall–Kier alpha value is -0.500. The van der Waals surface area contributed by atoms with E-state index in [1.165, 1.54) is 12.1 Å². The van der Waals surface area contributed by atoms with Crippen molar-refractivity contribution in [3.05, 3.63) is 28.7 Å². The number of guanidine groups is 1. The van der Waals surface area contributed by atoms with E-state index in [4.69, 9.17) is 4.99 Å². The topological polar surface area (TPSA) is 39.7 Å². The van der Waals surface area contributed by atoms with Gasteiger partial charge in [0.05, 0.1) is 0 Å². The van der Waals surface area contributed by atoms with Crippen LogP contribution in [0.4, 0.5) is 5.69 Å². The lowest BCUT2D eigenvalue weighted by molar-refractivity contribution is 0.595. The minimum Gasteiger partial charge on any atom is -0.371 e. The Morgan fingerprint density at radius 3 is 2.65 bits per heavy atom. The maximum atomic E-state index is 4.74. The van der Waals surface area contributed by atoms with Crippen molar-refractivity contribution in [2.45, 2.75) is 33.2 Å². The van der Waals surface area contributed by atoms with Crippen molar-refractivity contribution in [2.75, 3.05) is 31.1 Å². The number of hydrogen-bond donors (Lipinski definition) is 2. The molecule has 23 heavy (non-hydrogen) atoms. The predicted molar refractivity (Wildman–Crippen MR) is 114 cm³/mol. The van der Waals surface area contributed by atoms with Crippen molar-refractivity contribution in [2.24, 2.45) is 10.9 Å². The zero-order valence-corrected chi connectivity index (χ0v) is 18.1. The molecule has 1 aromatic rings. The number of halogens is 2. The molecule has 1 saturated heterocycles. The van der Waals surface area contributed by atoms with Gasteiger partial charge in [0.25, 0.3) is 0 Å². The lowest BCUT2D eigenvalue weighted by atomic mass is 10.1. The lowest BCUT2D eigenvalue weighted by Gasteiger charge is -2.19. The molecule has 1 fully saturated rings. The Bertz CT molecular complexity index is 490. The molecule has 1 aliphatic heterocycles. The number of hydrogen-bond acceptors (Lipinski definition) is 2. The van der Waals surface area contributed by atoms with Gasteiger partial charge in [0.1, 0.15) is 0 Å². The van der Waals surface area contributed by atoms with E-state index in [2.05, 4.69) is 76.5 Å². The molecule has 1 unspecified atom stereocenters. The highest BCUT2D eigenvalue weighted by molar-refractivity contribution is 14.0. The Kier molecular flexibility index (Phi) is 9.27. The second kappa shape index (κ2) is 10.4. The minimum absolute atomic E-state index is 0. The van der Waals surface area contributed by atoms with Crippen LogP contribution < -0.4 is 15.5 Å². The zero-order valence-electron chi connectivity index (χ0n) is 14.2. The largest absolute Gasteiger partial charge is 0.371 e.